The van der Waals surface area contributed by atoms with Crippen LogP contribution in [0.15, 0.2) is 12.2 Å². The van der Waals surface area contributed by atoms with E-state index in [1.54, 1.807) is 0 Å². The first-order chi connectivity index (χ1) is 12.7. The number of likely N-dealkylation sites (N-methyl/N-ethyl adjacent to an activating group) is 1. The summed E-state index contributed by atoms with van der Waals surface area (Å²) in [6, 6.07) is 0. The first-order valence-electron chi connectivity index (χ1n) is 11.1. The second-order valence-electron chi connectivity index (χ2n) is 7.71. The van der Waals surface area contributed by atoms with Crippen molar-refractivity contribution in [2.75, 3.05) is 27.2 Å². The molecule has 0 rings (SSSR count). The van der Waals surface area contributed by atoms with Crippen LogP contribution in [0.5, 0.6) is 0 Å². The van der Waals surface area contributed by atoms with E-state index in [1.807, 2.05) is 19.0 Å². The van der Waals surface area contributed by atoms with Gasteiger partial charge in [-0.15, -0.1) is 0 Å². The lowest BCUT2D eigenvalue weighted by Crippen LogP contribution is -2.20. The van der Waals surface area contributed by atoms with Gasteiger partial charge in [0.1, 0.15) is 6.61 Å². The predicted octanol–water partition coefficient (Wildman–Crippen LogP) is 6.52. The zero-order valence-corrected chi connectivity index (χ0v) is 17.9. The number of nitrogens with zero attached hydrogens (tertiary/aromatic N) is 1. The molecule has 0 aliphatic heterocycles. The Kier molecular flexibility index (Phi) is 19.8. The minimum atomic E-state index is -0.0395. The van der Waals surface area contributed by atoms with Gasteiger partial charge >= 0.3 is 5.97 Å². The second-order valence-corrected chi connectivity index (χ2v) is 7.71. The molecular weight excluding hydrogens is 322 g/mol. The number of carbonyl (C=O) groups is 1. The Morgan fingerprint density at radius 3 is 1.81 bits per heavy atom. The molecule has 0 bridgehead atoms. The van der Waals surface area contributed by atoms with Crippen LogP contribution in [-0.4, -0.2) is 38.1 Å². The Bertz CT molecular complexity index is 326. The summed E-state index contributed by atoms with van der Waals surface area (Å²) in [6.45, 7) is 3.59. The third-order valence-corrected chi connectivity index (χ3v) is 4.69. The molecule has 0 aromatic heterocycles. The number of unbranched alkanes of at least 4 members (excludes halogenated alkanes) is 12. The molecule has 0 aromatic carbocycles. The highest BCUT2D eigenvalue weighted by atomic mass is 16.5. The van der Waals surface area contributed by atoms with E-state index in [1.165, 1.54) is 77.0 Å². The first kappa shape index (κ1) is 25.2. The van der Waals surface area contributed by atoms with Gasteiger partial charge in [0.25, 0.3) is 0 Å². The molecule has 0 fully saturated rings. The Hall–Kier alpha value is -0.830. The van der Waals surface area contributed by atoms with Crippen molar-refractivity contribution in [1.29, 1.82) is 0 Å². The quantitative estimate of drug-likeness (QED) is 0.148. The lowest BCUT2D eigenvalue weighted by molar-refractivity contribution is -0.144. The molecule has 0 saturated carbocycles. The van der Waals surface area contributed by atoms with Gasteiger partial charge in [-0.25, -0.2) is 0 Å². The summed E-state index contributed by atoms with van der Waals surface area (Å²) < 4.78 is 5.19. The third kappa shape index (κ3) is 21.2. The van der Waals surface area contributed by atoms with Gasteiger partial charge in [-0.3, -0.25) is 4.79 Å². The fraction of sp³-hybridized carbons (Fsp3) is 0.870. The van der Waals surface area contributed by atoms with Crippen LogP contribution in [0.4, 0.5) is 0 Å². The Balaban J connectivity index is 3.19. The van der Waals surface area contributed by atoms with E-state index in [9.17, 15) is 4.79 Å². The number of rotatable bonds is 19. The van der Waals surface area contributed by atoms with Crippen LogP contribution in [0.3, 0.4) is 0 Å². The zero-order chi connectivity index (χ0) is 19.3. The Labute approximate surface area is 163 Å². The van der Waals surface area contributed by atoms with Gasteiger partial charge in [-0.05, 0) is 46.2 Å². The van der Waals surface area contributed by atoms with E-state index in [-0.39, 0.29) is 5.97 Å². The van der Waals surface area contributed by atoms with Gasteiger partial charge in [-0.1, -0.05) is 76.9 Å². The summed E-state index contributed by atoms with van der Waals surface area (Å²) in [7, 11) is 3.97. The standard InChI is InChI=1S/C23H45NO2/c1-4-5-6-7-8-9-10-11-12-13-14-15-16-17-18-19-20-23(25)26-22-21-24(2)3/h11-12H,4-10,13-22H2,1-3H3/b12-11-. The van der Waals surface area contributed by atoms with Gasteiger partial charge in [-0.2, -0.15) is 0 Å². The lowest BCUT2D eigenvalue weighted by atomic mass is 10.1. The number of carbonyl (C=O) groups excluding carboxylic acids is 1. The monoisotopic (exact) mass is 367 g/mol. The molecule has 3 heteroatoms. The van der Waals surface area contributed by atoms with Crippen molar-refractivity contribution in [3.05, 3.63) is 12.2 Å². The molecule has 0 N–H and O–H groups in total. The van der Waals surface area contributed by atoms with Crippen molar-refractivity contribution in [2.24, 2.45) is 0 Å². The largest absolute Gasteiger partial charge is 0.464 e. The lowest BCUT2D eigenvalue weighted by Gasteiger charge is -2.09. The van der Waals surface area contributed by atoms with E-state index in [2.05, 4.69) is 19.1 Å². The number of allylic oxidation sites excluding steroid dienone is 2. The van der Waals surface area contributed by atoms with Crippen molar-refractivity contribution < 1.29 is 9.53 Å². The summed E-state index contributed by atoms with van der Waals surface area (Å²) in [4.78, 5) is 13.5. The maximum Gasteiger partial charge on any atom is 0.305 e. The van der Waals surface area contributed by atoms with Crippen LogP contribution >= 0.6 is 0 Å². The van der Waals surface area contributed by atoms with Gasteiger partial charge in [0.15, 0.2) is 0 Å². The van der Waals surface area contributed by atoms with Gasteiger partial charge < -0.3 is 9.64 Å². The fourth-order valence-corrected chi connectivity index (χ4v) is 2.93. The molecule has 0 unspecified atom stereocenters. The van der Waals surface area contributed by atoms with Crippen molar-refractivity contribution in [2.45, 2.75) is 103 Å². The molecule has 0 heterocycles. The Morgan fingerprint density at radius 1 is 0.769 bits per heavy atom. The highest BCUT2D eigenvalue weighted by molar-refractivity contribution is 5.69. The molecule has 154 valence electrons. The minimum Gasteiger partial charge on any atom is -0.464 e. The molecule has 0 aliphatic rings. The second kappa shape index (κ2) is 20.5. The average Bonchev–Trinajstić information content (AvgIpc) is 2.61. The summed E-state index contributed by atoms with van der Waals surface area (Å²) in [5.74, 6) is -0.0395. The summed E-state index contributed by atoms with van der Waals surface area (Å²) in [5, 5.41) is 0. The molecule has 0 saturated heterocycles. The first-order valence-corrected chi connectivity index (χ1v) is 11.1. The number of ether oxygens (including phenoxy) is 1. The Morgan fingerprint density at radius 2 is 1.27 bits per heavy atom. The summed E-state index contributed by atoms with van der Waals surface area (Å²) >= 11 is 0. The van der Waals surface area contributed by atoms with Crippen LogP contribution in [0.25, 0.3) is 0 Å². The topological polar surface area (TPSA) is 29.5 Å². The maximum absolute atomic E-state index is 11.5. The molecule has 0 aliphatic carbocycles. The van der Waals surface area contributed by atoms with E-state index in [4.69, 9.17) is 4.74 Å². The minimum absolute atomic E-state index is 0.0395. The van der Waals surface area contributed by atoms with E-state index < -0.39 is 0 Å². The normalized spacial score (nSPS) is 11.5. The highest BCUT2D eigenvalue weighted by Gasteiger charge is 2.02. The number of hydrogen-bond acceptors (Lipinski definition) is 3. The van der Waals surface area contributed by atoms with Gasteiger partial charge in [0.2, 0.25) is 0 Å². The van der Waals surface area contributed by atoms with Gasteiger partial charge in [0, 0.05) is 13.0 Å². The van der Waals surface area contributed by atoms with Crippen molar-refractivity contribution >= 4 is 5.97 Å². The number of hydrogen-bond donors (Lipinski definition) is 0. The van der Waals surface area contributed by atoms with Crippen LogP contribution in [0.2, 0.25) is 0 Å². The van der Waals surface area contributed by atoms with E-state index >= 15 is 0 Å². The van der Waals surface area contributed by atoms with Crippen molar-refractivity contribution in [3.63, 3.8) is 0 Å². The fourth-order valence-electron chi connectivity index (χ4n) is 2.93. The van der Waals surface area contributed by atoms with Crippen LogP contribution in [-0.2, 0) is 9.53 Å². The SMILES string of the molecule is CCCCCCCC/C=C\CCCCCCCCC(=O)OCCN(C)C. The van der Waals surface area contributed by atoms with E-state index in [0.717, 1.165) is 19.4 Å². The average molecular weight is 368 g/mol. The molecule has 3 nitrogen and oxygen atoms in total. The highest BCUT2D eigenvalue weighted by Crippen LogP contribution is 2.10. The molecule has 26 heavy (non-hydrogen) atoms. The number of esters is 1. The van der Waals surface area contributed by atoms with Crippen LogP contribution in [0.1, 0.15) is 103 Å². The molecule has 0 atom stereocenters. The molecule has 0 aromatic rings. The molecule has 0 radical (unpaired) electrons. The smallest absolute Gasteiger partial charge is 0.305 e. The third-order valence-electron chi connectivity index (χ3n) is 4.69. The van der Waals surface area contributed by atoms with Crippen LogP contribution in [0, 0.1) is 0 Å². The predicted molar refractivity (Wildman–Crippen MR) is 114 cm³/mol. The zero-order valence-electron chi connectivity index (χ0n) is 17.9. The van der Waals surface area contributed by atoms with Crippen molar-refractivity contribution in [1.82, 2.24) is 4.90 Å². The summed E-state index contributed by atoms with van der Waals surface area (Å²) in [5.41, 5.74) is 0. The molecule has 0 amide bonds. The maximum atomic E-state index is 11.5. The van der Waals surface area contributed by atoms with E-state index in [0.29, 0.717) is 13.0 Å². The van der Waals surface area contributed by atoms with Gasteiger partial charge in [0.05, 0.1) is 0 Å². The van der Waals surface area contributed by atoms with Crippen LogP contribution < -0.4 is 0 Å². The molecular formula is C23H45NO2. The summed E-state index contributed by atoms with van der Waals surface area (Å²) in [6.07, 6.45) is 23.4. The molecule has 0 spiro atoms. The van der Waals surface area contributed by atoms with Crippen molar-refractivity contribution in [3.8, 4) is 0 Å².